The smallest absolute Gasteiger partial charge is 0.269 e. The van der Waals surface area contributed by atoms with Gasteiger partial charge in [-0.2, -0.15) is 0 Å². The minimum absolute atomic E-state index is 0.0671. The van der Waals surface area contributed by atoms with Gasteiger partial charge in [0.05, 0.1) is 9.82 Å². The third-order valence-corrected chi connectivity index (χ3v) is 6.58. The van der Waals surface area contributed by atoms with E-state index in [1.807, 2.05) is 20.8 Å². The van der Waals surface area contributed by atoms with Crippen LogP contribution in [0.3, 0.4) is 0 Å². The highest BCUT2D eigenvalue weighted by Crippen LogP contribution is 2.24. The Morgan fingerprint density at radius 1 is 1.16 bits per heavy atom. The Kier molecular flexibility index (Phi) is 7.80. The molecule has 0 aliphatic rings. The van der Waals surface area contributed by atoms with E-state index in [1.165, 1.54) is 30.1 Å². The van der Waals surface area contributed by atoms with Gasteiger partial charge in [-0.05, 0) is 34.7 Å². The predicted molar refractivity (Wildman–Crippen MR) is 120 cm³/mol. The van der Waals surface area contributed by atoms with Crippen molar-refractivity contribution in [2.45, 2.75) is 44.0 Å². The Balaban J connectivity index is 1.95. The van der Waals surface area contributed by atoms with Crippen molar-refractivity contribution in [2.24, 2.45) is 0 Å². The fourth-order valence-electron chi connectivity index (χ4n) is 2.84. The van der Waals surface area contributed by atoms with Crippen LogP contribution in [-0.4, -0.2) is 37.7 Å². The maximum atomic E-state index is 12.5. The first-order chi connectivity index (χ1) is 14.3. The van der Waals surface area contributed by atoms with Crippen LogP contribution < -0.4 is 4.72 Å². The Bertz CT molecular complexity index is 1060. The van der Waals surface area contributed by atoms with Crippen LogP contribution in [-0.2, 0) is 26.8 Å². The Labute approximate surface area is 187 Å². The number of non-ortho nitro benzene ring substituents is 1. The van der Waals surface area contributed by atoms with Crippen molar-refractivity contribution < 1.29 is 18.1 Å². The molecule has 0 aromatic heterocycles. The number of nitrogens with zero attached hydrogens (tertiary/aromatic N) is 2. The van der Waals surface area contributed by atoms with Gasteiger partial charge in [0.15, 0.2) is 0 Å². The van der Waals surface area contributed by atoms with Crippen LogP contribution >= 0.6 is 11.6 Å². The van der Waals surface area contributed by atoms with Crippen molar-refractivity contribution in [2.75, 3.05) is 13.6 Å². The van der Waals surface area contributed by atoms with Gasteiger partial charge in [0.25, 0.3) is 5.69 Å². The number of carbonyl (C=O) groups is 1. The number of hydrogen-bond acceptors (Lipinski definition) is 5. The number of sulfonamides is 1. The van der Waals surface area contributed by atoms with Crippen molar-refractivity contribution in [3.05, 3.63) is 68.7 Å². The number of carbonyl (C=O) groups excluding carboxylic acids is 1. The summed E-state index contributed by atoms with van der Waals surface area (Å²) in [5.41, 5.74) is 1.24. The van der Waals surface area contributed by atoms with Gasteiger partial charge in [0, 0.05) is 43.7 Å². The van der Waals surface area contributed by atoms with Gasteiger partial charge in [0.1, 0.15) is 0 Å². The number of hydrogen-bond donors (Lipinski definition) is 1. The van der Waals surface area contributed by atoms with E-state index in [0.29, 0.717) is 10.6 Å². The van der Waals surface area contributed by atoms with E-state index in [4.69, 9.17) is 11.6 Å². The molecule has 2 aromatic rings. The number of nitro groups is 1. The zero-order valence-corrected chi connectivity index (χ0v) is 19.5. The fraction of sp³-hybridized carbons (Fsp3) is 0.381. The summed E-state index contributed by atoms with van der Waals surface area (Å²) in [6, 6.07) is 10.6. The molecule has 2 rings (SSSR count). The monoisotopic (exact) mass is 467 g/mol. The molecule has 0 unspecified atom stereocenters. The minimum Gasteiger partial charge on any atom is -0.341 e. The van der Waals surface area contributed by atoms with Gasteiger partial charge in [-0.3, -0.25) is 14.9 Å². The molecule has 0 bridgehead atoms. The molecule has 1 amide bonds. The number of rotatable bonds is 8. The highest BCUT2D eigenvalue weighted by atomic mass is 35.5. The summed E-state index contributed by atoms with van der Waals surface area (Å²) in [6.07, 6.45) is -0.0671. The number of halogens is 1. The van der Waals surface area contributed by atoms with Gasteiger partial charge in [-0.25, -0.2) is 13.1 Å². The topological polar surface area (TPSA) is 110 Å². The lowest BCUT2D eigenvalue weighted by Crippen LogP contribution is -2.32. The zero-order chi connectivity index (χ0) is 23.4. The SMILES string of the molecule is CN(Cc1cc([N+](=O)[O-])ccc1Cl)C(=O)CCNS(=O)(=O)c1ccc(C(C)(C)C)cc1. The molecule has 31 heavy (non-hydrogen) atoms. The Morgan fingerprint density at radius 3 is 2.32 bits per heavy atom. The lowest BCUT2D eigenvalue weighted by molar-refractivity contribution is -0.384. The first-order valence-corrected chi connectivity index (χ1v) is 11.4. The van der Waals surface area contributed by atoms with Crippen LogP contribution in [0.5, 0.6) is 0 Å². The first kappa shape index (κ1) is 24.8. The summed E-state index contributed by atoms with van der Waals surface area (Å²) in [5.74, 6) is -0.326. The van der Waals surface area contributed by atoms with Crippen LogP contribution in [0.2, 0.25) is 5.02 Å². The quantitative estimate of drug-likeness (QED) is 0.468. The van der Waals surface area contributed by atoms with E-state index in [1.54, 1.807) is 24.3 Å². The first-order valence-electron chi connectivity index (χ1n) is 9.58. The van der Waals surface area contributed by atoms with Crippen LogP contribution in [0.1, 0.15) is 38.3 Å². The molecule has 0 aliphatic heterocycles. The van der Waals surface area contributed by atoms with Crippen molar-refractivity contribution >= 4 is 33.2 Å². The molecule has 0 saturated heterocycles. The molecule has 0 spiro atoms. The van der Waals surface area contributed by atoms with E-state index in [-0.39, 0.29) is 41.4 Å². The number of nitrogens with one attached hydrogen (secondary N) is 1. The molecular weight excluding hydrogens is 442 g/mol. The maximum Gasteiger partial charge on any atom is 0.269 e. The Hall–Kier alpha value is -2.49. The van der Waals surface area contributed by atoms with Gasteiger partial charge >= 0.3 is 0 Å². The molecule has 0 aliphatic carbocycles. The van der Waals surface area contributed by atoms with Crippen LogP contribution in [0.15, 0.2) is 47.4 Å². The second kappa shape index (κ2) is 9.76. The van der Waals surface area contributed by atoms with E-state index in [2.05, 4.69) is 4.72 Å². The maximum absolute atomic E-state index is 12.5. The van der Waals surface area contributed by atoms with Crippen LogP contribution in [0, 0.1) is 10.1 Å². The highest BCUT2D eigenvalue weighted by Gasteiger charge is 2.19. The van der Waals surface area contributed by atoms with Crippen molar-refractivity contribution in [3.8, 4) is 0 Å². The van der Waals surface area contributed by atoms with E-state index >= 15 is 0 Å². The Morgan fingerprint density at radius 2 is 1.77 bits per heavy atom. The highest BCUT2D eigenvalue weighted by molar-refractivity contribution is 7.89. The van der Waals surface area contributed by atoms with E-state index < -0.39 is 14.9 Å². The second-order valence-corrected chi connectivity index (χ2v) is 10.4. The van der Waals surface area contributed by atoms with Crippen molar-refractivity contribution in [1.29, 1.82) is 0 Å². The lowest BCUT2D eigenvalue weighted by Gasteiger charge is -2.19. The normalized spacial score (nSPS) is 11.9. The van der Waals surface area contributed by atoms with Gasteiger partial charge in [0.2, 0.25) is 15.9 Å². The number of benzene rings is 2. The third kappa shape index (κ3) is 6.75. The third-order valence-electron chi connectivity index (χ3n) is 4.73. The molecule has 0 saturated carbocycles. The van der Waals surface area contributed by atoms with Crippen molar-refractivity contribution in [3.63, 3.8) is 0 Å². The standard InChI is InChI=1S/C21H26ClN3O5S/c1-21(2,3)16-5-8-18(9-6-16)31(29,30)23-12-11-20(26)24(4)14-15-13-17(25(27)28)7-10-19(15)22/h5-10,13,23H,11-12,14H2,1-4H3. The summed E-state index contributed by atoms with van der Waals surface area (Å²) in [5, 5.41) is 11.2. The predicted octanol–water partition coefficient (Wildman–Crippen LogP) is 3.87. The van der Waals surface area contributed by atoms with Crippen molar-refractivity contribution in [1.82, 2.24) is 9.62 Å². The largest absolute Gasteiger partial charge is 0.341 e. The summed E-state index contributed by atoms with van der Waals surface area (Å²) < 4.78 is 27.4. The molecule has 8 nitrogen and oxygen atoms in total. The van der Waals surface area contributed by atoms with Crippen LogP contribution in [0.4, 0.5) is 5.69 Å². The molecule has 0 heterocycles. The minimum atomic E-state index is -3.74. The number of amides is 1. The van der Waals surface area contributed by atoms with Gasteiger partial charge < -0.3 is 4.90 Å². The summed E-state index contributed by atoms with van der Waals surface area (Å²) in [6.45, 7) is 6.11. The molecule has 2 aromatic carbocycles. The molecule has 1 N–H and O–H groups in total. The average molecular weight is 468 g/mol. The van der Waals surface area contributed by atoms with Gasteiger partial charge in [-0.1, -0.05) is 44.5 Å². The van der Waals surface area contributed by atoms with Gasteiger partial charge in [-0.15, -0.1) is 0 Å². The average Bonchev–Trinajstić information content (AvgIpc) is 2.68. The van der Waals surface area contributed by atoms with Crippen LogP contribution in [0.25, 0.3) is 0 Å². The molecule has 10 heteroatoms. The number of nitro benzene ring substituents is 1. The van der Waals surface area contributed by atoms with E-state index in [9.17, 15) is 23.3 Å². The fourth-order valence-corrected chi connectivity index (χ4v) is 4.05. The molecule has 0 fully saturated rings. The summed E-state index contributed by atoms with van der Waals surface area (Å²) in [7, 11) is -2.22. The molecule has 0 atom stereocenters. The second-order valence-electron chi connectivity index (χ2n) is 8.20. The molecule has 0 radical (unpaired) electrons. The molecule has 168 valence electrons. The molecular formula is C21H26ClN3O5S. The summed E-state index contributed by atoms with van der Waals surface area (Å²) >= 11 is 6.07. The van der Waals surface area contributed by atoms with E-state index in [0.717, 1.165) is 5.56 Å². The lowest BCUT2D eigenvalue weighted by atomic mass is 9.87. The summed E-state index contributed by atoms with van der Waals surface area (Å²) in [4.78, 5) is 24.2. The zero-order valence-electron chi connectivity index (χ0n) is 17.9.